The monoisotopic (exact) mass is 380 g/mol. The van der Waals surface area contributed by atoms with E-state index in [1.807, 2.05) is 37.3 Å². The van der Waals surface area contributed by atoms with Gasteiger partial charge in [0.1, 0.15) is 17.3 Å². The predicted molar refractivity (Wildman–Crippen MR) is 111 cm³/mol. The van der Waals surface area contributed by atoms with Crippen LogP contribution in [0, 0.1) is 6.92 Å². The van der Waals surface area contributed by atoms with Crippen molar-refractivity contribution in [1.82, 2.24) is 19.9 Å². The third-order valence-electron chi connectivity index (χ3n) is 4.57. The summed E-state index contributed by atoms with van der Waals surface area (Å²) in [6, 6.07) is 12.4. The van der Waals surface area contributed by atoms with Gasteiger partial charge in [-0.25, -0.2) is 0 Å². The van der Waals surface area contributed by atoms with Crippen molar-refractivity contribution < 1.29 is 4.42 Å². The third kappa shape index (κ3) is 5.07. The normalized spacial score (nSPS) is 11.4. The number of nitrogens with two attached hydrogens (primary N) is 1. The lowest BCUT2D eigenvalue weighted by Crippen LogP contribution is -2.30. The van der Waals surface area contributed by atoms with Gasteiger partial charge in [0.05, 0.1) is 13.1 Å². The molecule has 0 amide bonds. The fourth-order valence-corrected chi connectivity index (χ4v) is 3.01. The number of nitrogens with one attached hydrogen (secondary N) is 1. The Bertz CT molecular complexity index is 921. The number of anilines is 3. The highest BCUT2D eigenvalue weighted by molar-refractivity contribution is 5.58. The van der Waals surface area contributed by atoms with Crippen LogP contribution in [-0.2, 0) is 19.5 Å². The lowest BCUT2D eigenvalue weighted by molar-refractivity contribution is 0.182. The molecule has 0 radical (unpaired) electrons. The second kappa shape index (κ2) is 8.84. The Morgan fingerprint density at radius 1 is 1.07 bits per heavy atom. The molecule has 0 bridgehead atoms. The number of aromatic nitrogens is 3. The second-order valence-corrected chi connectivity index (χ2v) is 7.08. The van der Waals surface area contributed by atoms with E-state index in [-0.39, 0.29) is 5.95 Å². The summed E-state index contributed by atoms with van der Waals surface area (Å²) in [6.07, 6.45) is 0.917. The summed E-state index contributed by atoms with van der Waals surface area (Å²) in [4.78, 5) is 15.4. The molecule has 0 atom stereocenters. The van der Waals surface area contributed by atoms with E-state index in [1.165, 1.54) is 5.56 Å². The van der Waals surface area contributed by atoms with Gasteiger partial charge in [0.2, 0.25) is 11.9 Å². The van der Waals surface area contributed by atoms with Gasteiger partial charge in [-0.1, -0.05) is 25.1 Å². The largest absolute Gasteiger partial charge is 0.465 e. The summed E-state index contributed by atoms with van der Waals surface area (Å²) in [6.45, 7) is 9.56. The molecular weight excluding hydrogens is 352 g/mol. The molecular formula is C21H28N6O. The van der Waals surface area contributed by atoms with Crippen LogP contribution in [0.2, 0.25) is 0 Å². The van der Waals surface area contributed by atoms with E-state index < -0.39 is 0 Å². The van der Waals surface area contributed by atoms with Crippen LogP contribution in [0.4, 0.5) is 17.6 Å². The summed E-state index contributed by atoms with van der Waals surface area (Å²) in [5.74, 6) is 3.12. The van der Waals surface area contributed by atoms with Crippen molar-refractivity contribution in [2.24, 2.45) is 0 Å². The molecule has 0 saturated carbocycles. The second-order valence-electron chi connectivity index (χ2n) is 7.08. The Morgan fingerprint density at radius 3 is 2.54 bits per heavy atom. The van der Waals surface area contributed by atoms with E-state index in [1.54, 1.807) is 0 Å². The van der Waals surface area contributed by atoms with Crippen LogP contribution in [0.15, 0.2) is 40.8 Å². The maximum atomic E-state index is 5.95. The van der Waals surface area contributed by atoms with Crippen molar-refractivity contribution in [3.8, 4) is 0 Å². The topological polar surface area (TPSA) is 93.1 Å². The van der Waals surface area contributed by atoms with E-state index in [2.05, 4.69) is 52.0 Å². The van der Waals surface area contributed by atoms with E-state index >= 15 is 0 Å². The molecule has 0 aliphatic rings. The van der Waals surface area contributed by atoms with Crippen LogP contribution in [0.3, 0.4) is 0 Å². The number of para-hydroxylation sites is 1. The lowest BCUT2D eigenvalue weighted by Gasteiger charge is -2.24. The summed E-state index contributed by atoms with van der Waals surface area (Å²) >= 11 is 0. The molecule has 0 fully saturated rings. The van der Waals surface area contributed by atoms with Crippen LogP contribution >= 0.6 is 0 Å². The maximum Gasteiger partial charge on any atom is 0.232 e. The number of benzene rings is 1. The average molecular weight is 380 g/mol. The molecule has 28 heavy (non-hydrogen) atoms. The third-order valence-corrected chi connectivity index (χ3v) is 4.57. The maximum absolute atomic E-state index is 5.95. The SMILES string of the molecule is CCc1ccccc1Nc1nc(N)nc(CN(Cc2ccc(C)o2)C(C)C)n1. The lowest BCUT2D eigenvalue weighted by atomic mass is 10.1. The fourth-order valence-electron chi connectivity index (χ4n) is 3.01. The Labute approximate surface area is 166 Å². The van der Waals surface area contributed by atoms with E-state index in [0.717, 1.165) is 23.6 Å². The number of furan rings is 1. The number of hydrogen-bond acceptors (Lipinski definition) is 7. The highest BCUT2D eigenvalue weighted by Crippen LogP contribution is 2.20. The number of nitrogens with zero attached hydrogens (tertiary/aromatic N) is 4. The Balaban J connectivity index is 1.79. The van der Waals surface area contributed by atoms with E-state index in [0.29, 0.717) is 30.9 Å². The first-order valence-electron chi connectivity index (χ1n) is 9.59. The molecule has 7 nitrogen and oxygen atoms in total. The van der Waals surface area contributed by atoms with E-state index in [4.69, 9.17) is 10.2 Å². The van der Waals surface area contributed by atoms with Crippen molar-refractivity contribution >= 4 is 17.6 Å². The zero-order chi connectivity index (χ0) is 20.1. The van der Waals surface area contributed by atoms with Gasteiger partial charge >= 0.3 is 0 Å². The summed E-state index contributed by atoms with van der Waals surface area (Å²) < 4.78 is 5.72. The van der Waals surface area contributed by atoms with Gasteiger partial charge in [-0.2, -0.15) is 15.0 Å². The Hall–Kier alpha value is -2.93. The standard InChI is InChI=1S/C21H28N6O/c1-5-16-8-6-7-9-18(16)23-21-25-19(24-20(22)26-21)13-27(14(2)3)12-17-11-10-15(4)28-17/h6-11,14H,5,12-13H2,1-4H3,(H3,22,23,24,25,26). The first-order valence-corrected chi connectivity index (χ1v) is 9.59. The highest BCUT2D eigenvalue weighted by Gasteiger charge is 2.16. The quantitative estimate of drug-likeness (QED) is 0.608. The molecule has 3 aromatic rings. The van der Waals surface area contributed by atoms with Crippen LogP contribution in [-0.4, -0.2) is 25.9 Å². The van der Waals surface area contributed by atoms with Gasteiger partial charge in [0.25, 0.3) is 0 Å². The van der Waals surface area contributed by atoms with Crippen LogP contribution in [0.1, 0.15) is 43.7 Å². The first kappa shape index (κ1) is 19.8. The number of rotatable bonds is 8. The molecule has 1 aromatic carbocycles. The van der Waals surface area contributed by atoms with Crippen LogP contribution < -0.4 is 11.1 Å². The molecule has 0 spiro atoms. The summed E-state index contributed by atoms with van der Waals surface area (Å²) in [7, 11) is 0. The molecule has 2 heterocycles. The molecule has 0 aliphatic heterocycles. The summed E-state index contributed by atoms with van der Waals surface area (Å²) in [5, 5.41) is 3.28. The Kier molecular flexibility index (Phi) is 6.26. The minimum Gasteiger partial charge on any atom is -0.465 e. The van der Waals surface area contributed by atoms with Gasteiger partial charge in [0.15, 0.2) is 0 Å². The number of hydrogen-bond donors (Lipinski definition) is 2. The number of aryl methyl sites for hydroxylation is 2. The molecule has 0 aliphatic carbocycles. The molecule has 7 heteroatoms. The van der Waals surface area contributed by atoms with Gasteiger partial charge in [0, 0.05) is 11.7 Å². The predicted octanol–water partition coefficient (Wildman–Crippen LogP) is 4.07. The molecule has 3 rings (SSSR count). The van der Waals surface area contributed by atoms with Gasteiger partial charge in [-0.05, 0) is 51.0 Å². The van der Waals surface area contributed by atoms with Crippen molar-refractivity contribution in [1.29, 1.82) is 0 Å². The molecule has 0 saturated heterocycles. The van der Waals surface area contributed by atoms with Crippen molar-refractivity contribution in [2.45, 2.75) is 53.2 Å². The van der Waals surface area contributed by atoms with Gasteiger partial charge in [-0.15, -0.1) is 0 Å². The Morgan fingerprint density at radius 2 is 1.86 bits per heavy atom. The molecule has 3 N–H and O–H groups in total. The summed E-state index contributed by atoms with van der Waals surface area (Å²) in [5.41, 5.74) is 8.13. The highest BCUT2D eigenvalue weighted by atomic mass is 16.3. The van der Waals surface area contributed by atoms with Crippen LogP contribution in [0.25, 0.3) is 0 Å². The first-order chi connectivity index (χ1) is 13.4. The zero-order valence-corrected chi connectivity index (χ0v) is 16.9. The fraction of sp³-hybridized carbons (Fsp3) is 0.381. The van der Waals surface area contributed by atoms with Crippen molar-refractivity contribution in [3.05, 3.63) is 59.3 Å². The average Bonchev–Trinajstić information content (AvgIpc) is 3.06. The number of nitrogen functional groups attached to an aromatic ring is 1. The zero-order valence-electron chi connectivity index (χ0n) is 16.9. The van der Waals surface area contributed by atoms with Gasteiger partial charge < -0.3 is 15.5 Å². The van der Waals surface area contributed by atoms with Crippen LogP contribution in [0.5, 0.6) is 0 Å². The smallest absolute Gasteiger partial charge is 0.232 e. The van der Waals surface area contributed by atoms with Crippen molar-refractivity contribution in [2.75, 3.05) is 11.1 Å². The van der Waals surface area contributed by atoms with Gasteiger partial charge in [-0.3, -0.25) is 4.90 Å². The molecule has 0 unspecified atom stereocenters. The van der Waals surface area contributed by atoms with Crippen molar-refractivity contribution in [3.63, 3.8) is 0 Å². The molecule has 2 aromatic heterocycles. The minimum atomic E-state index is 0.207. The minimum absolute atomic E-state index is 0.207. The molecule has 148 valence electrons. The van der Waals surface area contributed by atoms with E-state index in [9.17, 15) is 0 Å².